The Morgan fingerprint density at radius 1 is 0.712 bits per heavy atom. The number of likely N-dealkylation sites (N-methyl/N-ethyl adjacent to an activating group) is 2. The van der Waals surface area contributed by atoms with Crippen molar-refractivity contribution in [1.82, 2.24) is 57.1 Å². The molecular weight excluding hydrogens is 1720 g/mol. The summed E-state index contributed by atoms with van der Waals surface area (Å²) in [7, 11) is 3.69. The van der Waals surface area contributed by atoms with Crippen molar-refractivity contribution in [2.75, 3.05) is 39.7 Å². The summed E-state index contributed by atoms with van der Waals surface area (Å²) in [4.78, 5) is 156. The van der Waals surface area contributed by atoms with Gasteiger partial charge in [0, 0.05) is 55.5 Å². The third kappa shape index (κ3) is 20.9. The molecule has 0 saturated carbocycles. The van der Waals surface area contributed by atoms with Crippen molar-refractivity contribution in [3.8, 4) is 57.1 Å². The molecule has 0 spiro atoms. The monoisotopic (exact) mass is 1810 g/mol. The summed E-state index contributed by atoms with van der Waals surface area (Å²) < 4.78 is 40.6. The average molecular weight is 1820 g/mol. The number of ether oxygens (including phenoxy) is 6. The Labute approximate surface area is 731 Å². The summed E-state index contributed by atoms with van der Waals surface area (Å²) in [6.45, 7) is 5.59. The lowest BCUT2D eigenvalue weighted by atomic mass is 9.85. The first-order valence-electron chi connectivity index (χ1n) is 39.1. The molecule has 43 heteroatoms. The van der Waals surface area contributed by atoms with Gasteiger partial charge in [-0.1, -0.05) is 84.5 Å². The van der Waals surface area contributed by atoms with E-state index < -0.39 is 254 Å². The number of phenols is 3. The first-order chi connectivity index (χ1) is 59.2. The molecule has 7 aliphatic rings. The van der Waals surface area contributed by atoms with Crippen LogP contribution in [0.25, 0.3) is 11.1 Å². The Morgan fingerprint density at radius 3 is 1.98 bits per heavy atom. The fourth-order valence-electron chi connectivity index (χ4n) is 15.1. The molecule has 14 rings (SSSR count). The number of aliphatic hydroxyl groups excluding tert-OH is 6. The highest BCUT2D eigenvalue weighted by atomic mass is 35.5. The number of rotatable bonds is 21. The quantitative estimate of drug-likeness (QED) is 0.0459. The van der Waals surface area contributed by atoms with Gasteiger partial charge in [-0.25, -0.2) is 9.86 Å². The van der Waals surface area contributed by atoms with Gasteiger partial charge in [0.05, 0.1) is 64.9 Å². The number of primary amides is 1. The Morgan fingerprint density at radius 2 is 1.36 bits per heavy atom. The van der Waals surface area contributed by atoms with E-state index in [9.17, 15) is 69.9 Å². The molecule has 0 unspecified atom stereocenters. The van der Waals surface area contributed by atoms with Crippen LogP contribution >= 0.6 is 46.4 Å². The van der Waals surface area contributed by atoms with E-state index in [1.165, 1.54) is 55.1 Å². The predicted octanol–water partition coefficient (Wildman–Crippen LogP) is 2.42. The molecule has 8 heterocycles. The van der Waals surface area contributed by atoms with Gasteiger partial charge >= 0.3 is 5.69 Å². The molecule has 18 atom stereocenters. The van der Waals surface area contributed by atoms with Crippen LogP contribution in [0, 0.1) is 5.92 Å². The van der Waals surface area contributed by atoms with Crippen molar-refractivity contribution >= 4 is 105 Å². The number of aromatic hydroxyl groups is 3. The molecule has 20 N–H and O–H groups in total. The Kier molecular flexibility index (Phi) is 29.2. The molecule has 6 aromatic carbocycles. The van der Waals surface area contributed by atoms with Gasteiger partial charge in [0.1, 0.15) is 101 Å². The highest BCUT2D eigenvalue weighted by Crippen LogP contribution is 2.50. The smallest absolute Gasteiger partial charge is 0.349 e. The number of hydroxylamine groups is 2. The second-order valence-electron chi connectivity index (χ2n) is 31.0. The van der Waals surface area contributed by atoms with E-state index >= 15 is 24.0 Å². The highest BCUT2D eigenvalue weighted by molar-refractivity contribution is 6.42. The zero-order chi connectivity index (χ0) is 90.6. The lowest BCUT2D eigenvalue weighted by Crippen LogP contribution is -2.65. The second-order valence-corrected chi connectivity index (χ2v) is 32.6. The van der Waals surface area contributed by atoms with Gasteiger partial charge in [-0.3, -0.25) is 52.6 Å². The SMILES string of the molecule is CN[C@H](CC(C)C)C(=O)N[C@H]1C(=O)N[C@@H](CC(N)=O)C(=O)N[C@H]2C(=O)N[C@H]3C(=O)N[C@H](C(=O)N[C@@H](C(=O)N(C)OC)c4cc(O)cc(O)c4-c4cc3ccc4O)[C@H](O)c3ccc(c(Cl)c3)Oc3cc2cc(c3O[C@@H]2O[C@H](CO)[C@@H](O)[C@H](O)[C@H]2O[C@H]2C[C@](C)(NCCn3ccc(NC(=O)Cc4ccc(Cl)c(Cl)c4)nc3=O)[C@H](O)[C@H](C)O2)Oc2ccc(cc2Cl)[C@H]1O. The van der Waals surface area contributed by atoms with Crippen LogP contribution in [0.1, 0.15) is 111 Å². The number of carbonyl (C=O) groups is 9. The molecule has 1 aromatic heterocycles. The number of aliphatic hydroxyl groups is 6. The zero-order valence-electron chi connectivity index (χ0n) is 67.6. The number of nitrogens with one attached hydrogen (secondary N) is 9. The molecule has 2 fully saturated rings. The number of hydrogen-bond acceptors (Lipinski definition) is 29. The van der Waals surface area contributed by atoms with Crippen molar-refractivity contribution in [2.24, 2.45) is 11.7 Å². The third-order valence-electron chi connectivity index (χ3n) is 21.7. The number of nitrogens with two attached hydrogens (primary N) is 1. The summed E-state index contributed by atoms with van der Waals surface area (Å²) >= 11 is 26.5. The minimum absolute atomic E-state index is 0.0395. The van der Waals surface area contributed by atoms with Crippen LogP contribution in [-0.2, 0) is 75.2 Å². The summed E-state index contributed by atoms with van der Waals surface area (Å²) in [5.74, 6) is -15.9. The summed E-state index contributed by atoms with van der Waals surface area (Å²) in [6, 6.07) is 5.70. The number of carbonyl (C=O) groups excluding carboxylic acids is 9. The van der Waals surface area contributed by atoms with Gasteiger partial charge in [0.2, 0.25) is 59.3 Å². The molecule has 9 amide bonds. The minimum atomic E-state index is -2.39. The molecule has 2 saturated heterocycles. The van der Waals surface area contributed by atoms with Gasteiger partial charge in [0.25, 0.3) is 5.91 Å². The van der Waals surface area contributed by atoms with Gasteiger partial charge < -0.3 is 128 Å². The first-order valence-corrected chi connectivity index (χ1v) is 40.6. The fourth-order valence-corrected chi connectivity index (χ4v) is 15.8. The van der Waals surface area contributed by atoms with Crippen molar-refractivity contribution < 1.29 is 122 Å². The maximum atomic E-state index is 16.3. The molecule has 0 aliphatic carbocycles. The molecular formula is C82H91Cl4N13O26. The number of benzene rings is 6. The molecule has 125 heavy (non-hydrogen) atoms. The van der Waals surface area contributed by atoms with Gasteiger partial charge in [-0.15, -0.1) is 0 Å². The maximum Gasteiger partial charge on any atom is 0.349 e. The predicted molar refractivity (Wildman–Crippen MR) is 443 cm³/mol. The lowest BCUT2D eigenvalue weighted by molar-refractivity contribution is -0.334. The maximum absolute atomic E-state index is 16.3. The number of hydrogen-bond donors (Lipinski definition) is 19. The van der Waals surface area contributed by atoms with E-state index in [2.05, 4.69) is 52.8 Å². The summed E-state index contributed by atoms with van der Waals surface area (Å²) in [5, 5.41) is 131. The van der Waals surface area contributed by atoms with Gasteiger partial charge in [0.15, 0.2) is 23.9 Å². The number of halogens is 4. The van der Waals surface area contributed by atoms with Crippen LogP contribution < -0.4 is 73.5 Å². The fraction of sp³-hybridized carbons (Fsp3) is 0.402. The van der Waals surface area contributed by atoms with Crippen LogP contribution in [0.4, 0.5) is 5.82 Å². The van der Waals surface area contributed by atoms with Crippen LogP contribution in [0.2, 0.25) is 20.1 Å². The number of aromatic nitrogens is 2. The average Bonchev–Trinajstić information content (AvgIpc) is 0.761. The van der Waals surface area contributed by atoms with Gasteiger partial charge in [-0.2, -0.15) is 4.98 Å². The first kappa shape index (κ1) is 93.1. The van der Waals surface area contributed by atoms with Crippen molar-refractivity contribution in [2.45, 2.75) is 169 Å². The van der Waals surface area contributed by atoms with E-state index in [0.717, 1.165) is 80.9 Å². The largest absolute Gasteiger partial charge is 0.508 e. The van der Waals surface area contributed by atoms with E-state index in [-0.39, 0.29) is 71.6 Å². The standard InChI is InChI=1S/C82H91Cl4N13O26/c1-33(2)20-47(88-5)73(111)96-64-66(106)37-10-14-51(45(85)24-37)121-53-26-39-27-54(70(53)125-80-71(69(109)68(108)55(32-100)123-80)124-59-31-82(4,72(110)34(3)120-59)89-17-19-99-18-16-57(92-81(99)118)91-58(105)22-35-8-12-43(83)44(84)21-35)122-52-15-11-38(25-46(52)86)67(107)65-78(116)95-63(79(117)98(6)119-7)42-28-40(101)29-50(103)60(42)41-23-36(9-13-49(41)102)61(75(113)97-65)94-76(114)62(39)93-74(112)48(30-56(87)104)90-77(64)115/h8-16,18,21,23-29,33-34,47-48,55,59,61-69,71-72,80,88-89,100-103,106-110H,17,19-20,22,30-32H2,1-7H3,(H2,87,104)(H,90,115)(H,93,112)(H,94,114)(H,95,116)(H,96,111)(H,97,113)(H,91,92,105,118)/t34-,47+,48-,55+,59-,61+,62+,63+,64+,65-,66+,67+,68+,69-,71+,72+,80-,82-/m0/s1. The molecule has 39 nitrogen and oxygen atoms in total. The van der Waals surface area contributed by atoms with E-state index in [1.807, 2.05) is 13.8 Å². The molecule has 0 radical (unpaired) electrons. The van der Waals surface area contributed by atoms with Crippen LogP contribution in [0.15, 0.2) is 114 Å². The van der Waals surface area contributed by atoms with Crippen molar-refractivity contribution in [1.29, 1.82) is 0 Å². The van der Waals surface area contributed by atoms with Crippen LogP contribution in [-0.4, -0.2) is 227 Å². The second kappa shape index (κ2) is 39.2. The van der Waals surface area contributed by atoms with E-state index in [1.54, 1.807) is 13.0 Å². The molecule has 668 valence electrons. The Bertz CT molecular complexity index is 5390. The van der Waals surface area contributed by atoms with Crippen molar-refractivity contribution in [3.05, 3.63) is 173 Å². The van der Waals surface area contributed by atoms with Crippen molar-refractivity contribution in [3.63, 3.8) is 0 Å². The molecule has 7 aliphatic heterocycles. The number of anilines is 1. The molecule has 11 bridgehead atoms. The number of phenolic OH excluding ortho intramolecular Hbond substituents is 3. The number of amides is 9. The van der Waals surface area contributed by atoms with E-state index in [4.69, 9.17) is 85.4 Å². The lowest BCUT2D eigenvalue weighted by Gasteiger charge is -2.48. The van der Waals surface area contributed by atoms with Crippen LogP contribution in [0.5, 0.6) is 46.0 Å². The number of nitrogens with zero attached hydrogens (tertiary/aromatic N) is 3. The summed E-state index contributed by atoms with van der Waals surface area (Å²) in [6.07, 6.45) is -18.3. The van der Waals surface area contributed by atoms with Gasteiger partial charge in [-0.05, 0) is 139 Å². The minimum Gasteiger partial charge on any atom is -0.508 e. The third-order valence-corrected chi connectivity index (χ3v) is 23.0. The van der Waals surface area contributed by atoms with E-state index in [0.29, 0.717) is 15.6 Å². The number of fused-ring (bicyclic) bond motifs is 15. The zero-order valence-corrected chi connectivity index (χ0v) is 70.7. The molecule has 7 aromatic rings. The highest BCUT2D eigenvalue weighted by Gasteiger charge is 2.52. The Hall–Kier alpha value is -11.1. The van der Waals surface area contributed by atoms with Crippen LogP contribution in [0.3, 0.4) is 0 Å². The normalized spacial score (nSPS) is 26.0. The Balaban J connectivity index is 1.00. The topological polar surface area (TPSA) is 573 Å². The summed E-state index contributed by atoms with van der Waals surface area (Å²) in [5.41, 5.74) is 1.54.